The predicted octanol–water partition coefficient (Wildman–Crippen LogP) is 4.71. The Hall–Kier alpha value is -2.90. The van der Waals surface area contributed by atoms with Gasteiger partial charge in [-0.05, 0) is 60.8 Å². The van der Waals surface area contributed by atoms with E-state index in [4.69, 9.17) is 17.4 Å². The van der Waals surface area contributed by atoms with Gasteiger partial charge in [0.25, 0.3) is 0 Å². The number of nitrogens with two attached hydrogens (primary N) is 1. The minimum Gasteiger partial charge on any atom is -0.369 e. The van der Waals surface area contributed by atoms with E-state index < -0.39 is 0 Å². The van der Waals surface area contributed by atoms with Crippen LogP contribution in [0.1, 0.15) is 37.7 Å². The molecule has 0 bridgehead atoms. The fourth-order valence-electron chi connectivity index (χ4n) is 4.95. The van der Waals surface area contributed by atoms with Crippen molar-refractivity contribution >= 4 is 40.4 Å². The molecular formula is C27H35ClN6O. The number of hydrogen-bond donors (Lipinski definition) is 2. The van der Waals surface area contributed by atoms with Crippen molar-refractivity contribution in [3.8, 4) is 11.1 Å². The second kappa shape index (κ2) is 12.2. The highest BCUT2D eigenvalue weighted by Gasteiger charge is 2.21. The maximum atomic E-state index is 12.8. The van der Waals surface area contributed by atoms with Gasteiger partial charge in [-0.15, -0.1) is 0 Å². The lowest BCUT2D eigenvalue weighted by Gasteiger charge is -2.35. The number of hydrazone groups is 1. The zero-order valence-corrected chi connectivity index (χ0v) is 21.2. The van der Waals surface area contributed by atoms with Gasteiger partial charge in [0.15, 0.2) is 0 Å². The Kier molecular flexibility index (Phi) is 8.77. The standard InChI is InChI=1S/C27H35ClN6O/c1-33-12-14-34(15-13-33)25-11-10-22(16-23(25)18-26(28)30-19-31-29)21-8-5-9-24(17-21)32-27(35)20-6-3-2-4-7-20/h5,8-11,16-17,19-20H,2-4,6-7,12-15,18,29H2,1H3,(H,32,35)/b30-26+,31-19-. The van der Waals surface area contributed by atoms with Crippen molar-refractivity contribution in [1.82, 2.24) is 4.90 Å². The van der Waals surface area contributed by atoms with Gasteiger partial charge in [-0.1, -0.05) is 49.1 Å². The van der Waals surface area contributed by atoms with Gasteiger partial charge in [0.2, 0.25) is 5.91 Å². The average Bonchev–Trinajstić information content (AvgIpc) is 2.89. The molecule has 8 heteroatoms. The second-order valence-corrected chi connectivity index (χ2v) is 9.92. The number of rotatable bonds is 7. The van der Waals surface area contributed by atoms with Crippen molar-refractivity contribution in [2.45, 2.75) is 38.5 Å². The number of anilines is 2. The molecule has 35 heavy (non-hydrogen) atoms. The number of aliphatic imine (C=N–C) groups is 1. The highest BCUT2D eigenvalue weighted by molar-refractivity contribution is 6.66. The Bertz CT molecular complexity index is 1070. The first kappa shape index (κ1) is 25.2. The molecule has 0 spiro atoms. The van der Waals surface area contributed by atoms with Crippen LogP contribution in [0, 0.1) is 5.92 Å². The molecule has 0 aromatic heterocycles. The van der Waals surface area contributed by atoms with E-state index in [1.807, 2.05) is 18.2 Å². The van der Waals surface area contributed by atoms with E-state index in [1.54, 1.807) is 0 Å². The maximum Gasteiger partial charge on any atom is 0.227 e. The Labute approximate surface area is 213 Å². The van der Waals surface area contributed by atoms with E-state index in [2.05, 4.69) is 56.5 Å². The molecule has 1 saturated heterocycles. The van der Waals surface area contributed by atoms with Crippen molar-refractivity contribution in [1.29, 1.82) is 0 Å². The van der Waals surface area contributed by atoms with Crippen LogP contribution in [0.25, 0.3) is 11.1 Å². The van der Waals surface area contributed by atoms with E-state index >= 15 is 0 Å². The van der Waals surface area contributed by atoms with Crippen LogP contribution >= 0.6 is 11.6 Å². The molecule has 186 valence electrons. The van der Waals surface area contributed by atoms with Crippen LogP contribution in [0.15, 0.2) is 52.6 Å². The maximum absolute atomic E-state index is 12.8. The average molecular weight is 495 g/mol. The highest BCUT2D eigenvalue weighted by Crippen LogP contribution is 2.31. The molecule has 4 rings (SSSR count). The molecular weight excluding hydrogens is 460 g/mol. The summed E-state index contributed by atoms with van der Waals surface area (Å²) in [6.45, 7) is 3.96. The molecule has 1 aliphatic carbocycles. The number of nitrogens with zero attached hydrogens (tertiary/aromatic N) is 4. The Balaban J connectivity index is 1.58. The van der Waals surface area contributed by atoms with Crippen molar-refractivity contribution in [2.75, 3.05) is 43.4 Å². The summed E-state index contributed by atoms with van der Waals surface area (Å²) in [6.07, 6.45) is 7.24. The number of piperazine rings is 1. The SMILES string of the molecule is CN1CCN(c2ccc(-c3cccc(NC(=O)C4CCCCC4)c3)cc2C/C(Cl)=N\C=N/N)CC1. The third-order valence-electron chi connectivity index (χ3n) is 6.96. The first-order valence-corrected chi connectivity index (χ1v) is 12.8. The van der Waals surface area contributed by atoms with Crippen molar-refractivity contribution in [3.05, 3.63) is 48.0 Å². The molecule has 1 amide bonds. The smallest absolute Gasteiger partial charge is 0.227 e. The largest absolute Gasteiger partial charge is 0.369 e. The summed E-state index contributed by atoms with van der Waals surface area (Å²) in [5, 5.41) is 6.99. The van der Waals surface area contributed by atoms with Crippen LogP contribution in [0.2, 0.25) is 0 Å². The van der Waals surface area contributed by atoms with Gasteiger partial charge in [0.1, 0.15) is 11.5 Å². The summed E-state index contributed by atoms with van der Waals surface area (Å²) in [5.74, 6) is 5.45. The molecule has 1 aliphatic heterocycles. The number of carbonyl (C=O) groups excluding carboxylic acids is 1. The Morgan fingerprint density at radius 1 is 1.09 bits per heavy atom. The van der Waals surface area contributed by atoms with Crippen LogP contribution in [-0.2, 0) is 11.2 Å². The normalized spacial score (nSPS) is 18.2. The lowest BCUT2D eigenvalue weighted by atomic mass is 9.88. The second-order valence-electron chi connectivity index (χ2n) is 9.49. The number of nitrogens with one attached hydrogen (secondary N) is 1. The van der Waals surface area contributed by atoms with Gasteiger partial charge in [0.05, 0.1) is 0 Å². The van der Waals surface area contributed by atoms with Crippen LogP contribution in [0.4, 0.5) is 11.4 Å². The van der Waals surface area contributed by atoms with E-state index in [-0.39, 0.29) is 11.8 Å². The summed E-state index contributed by atoms with van der Waals surface area (Å²) < 4.78 is 0. The lowest BCUT2D eigenvalue weighted by molar-refractivity contribution is -0.120. The molecule has 2 aliphatic rings. The summed E-state index contributed by atoms with van der Waals surface area (Å²) in [4.78, 5) is 21.6. The Morgan fingerprint density at radius 2 is 1.83 bits per heavy atom. The van der Waals surface area contributed by atoms with Crippen LogP contribution in [-0.4, -0.2) is 55.5 Å². The molecule has 3 N–H and O–H groups in total. The summed E-state index contributed by atoms with van der Waals surface area (Å²) in [7, 11) is 2.15. The first-order valence-electron chi connectivity index (χ1n) is 12.4. The highest BCUT2D eigenvalue weighted by atomic mass is 35.5. The monoisotopic (exact) mass is 494 g/mol. The molecule has 1 saturated carbocycles. The quantitative estimate of drug-likeness (QED) is 0.253. The van der Waals surface area contributed by atoms with E-state index in [0.29, 0.717) is 11.6 Å². The summed E-state index contributed by atoms with van der Waals surface area (Å²) >= 11 is 6.41. The lowest BCUT2D eigenvalue weighted by Crippen LogP contribution is -2.44. The number of amides is 1. The minimum atomic E-state index is 0.125. The topological polar surface area (TPSA) is 86.3 Å². The summed E-state index contributed by atoms with van der Waals surface area (Å²) in [5.41, 5.74) is 5.23. The molecule has 1 heterocycles. The van der Waals surface area contributed by atoms with Gasteiger partial charge in [-0.25, -0.2) is 4.99 Å². The summed E-state index contributed by atoms with van der Waals surface area (Å²) in [6, 6.07) is 14.6. The number of benzene rings is 2. The molecule has 2 aromatic carbocycles. The third-order valence-corrected chi connectivity index (χ3v) is 7.19. The molecule has 7 nitrogen and oxygen atoms in total. The van der Waals surface area contributed by atoms with Crippen molar-refractivity contribution < 1.29 is 4.79 Å². The van der Waals surface area contributed by atoms with E-state index in [9.17, 15) is 4.79 Å². The van der Waals surface area contributed by atoms with Gasteiger partial charge in [-0.2, -0.15) is 5.10 Å². The van der Waals surface area contributed by atoms with Gasteiger partial charge >= 0.3 is 0 Å². The number of halogens is 1. The minimum absolute atomic E-state index is 0.125. The van der Waals surface area contributed by atoms with Gasteiger partial charge in [-0.3, -0.25) is 4.79 Å². The molecule has 0 radical (unpaired) electrons. The predicted molar refractivity (Wildman–Crippen MR) is 146 cm³/mol. The van der Waals surface area contributed by atoms with Crippen LogP contribution < -0.4 is 16.1 Å². The number of carbonyl (C=O) groups is 1. The molecule has 2 aromatic rings. The molecule has 2 fully saturated rings. The van der Waals surface area contributed by atoms with Crippen molar-refractivity contribution in [3.63, 3.8) is 0 Å². The molecule has 0 atom stereocenters. The van der Waals surface area contributed by atoms with Crippen molar-refractivity contribution in [2.24, 2.45) is 21.9 Å². The fraction of sp³-hybridized carbons (Fsp3) is 0.444. The van der Waals surface area contributed by atoms with Crippen LogP contribution in [0.3, 0.4) is 0 Å². The third kappa shape index (κ3) is 6.83. The van der Waals surface area contributed by atoms with Gasteiger partial charge in [0, 0.05) is 49.9 Å². The number of likely N-dealkylation sites (N-methyl/N-ethyl adjacent to an activating group) is 1. The fourth-order valence-corrected chi connectivity index (χ4v) is 5.13. The number of hydrogen-bond acceptors (Lipinski definition) is 5. The van der Waals surface area contributed by atoms with E-state index in [1.165, 1.54) is 18.4 Å². The molecule has 0 unspecified atom stereocenters. The van der Waals surface area contributed by atoms with Gasteiger partial charge < -0.3 is 21.0 Å². The van der Waals surface area contributed by atoms with E-state index in [0.717, 1.165) is 74.2 Å². The zero-order valence-electron chi connectivity index (χ0n) is 20.4. The first-order chi connectivity index (χ1) is 17.0. The Morgan fingerprint density at radius 3 is 2.57 bits per heavy atom. The zero-order chi connectivity index (χ0) is 24.6. The van der Waals surface area contributed by atoms with Crippen LogP contribution in [0.5, 0.6) is 0 Å².